The van der Waals surface area contributed by atoms with Gasteiger partial charge in [-0.25, -0.2) is 0 Å². The second kappa shape index (κ2) is 29.8. The van der Waals surface area contributed by atoms with Crippen molar-refractivity contribution in [3.63, 3.8) is 0 Å². The van der Waals surface area contributed by atoms with Gasteiger partial charge in [-0.15, -0.1) is 0 Å². The molecule has 0 bridgehead atoms. The third kappa shape index (κ3) is 21.2. The number of nitrogens with one attached hydrogen (secondary N) is 1. The summed E-state index contributed by atoms with van der Waals surface area (Å²) < 4.78 is 11.0. The SMILES string of the molecule is CCCCCCCC/C=C\C/C=C\CC(O)C(=O)NC(COC1OC(CO)C(O)C(O)C1O)C(O)/C=C/CC/C=C/CCCCCCCC. The van der Waals surface area contributed by atoms with Gasteiger partial charge in [0.15, 0.2) is 6.29 Å². The normalized spacial score (nSPS) is 23.6. The van der Waals surface area contributed by atoms with Crippen LogP contribution < -0.4 is 5.32 Å². The number of hydrogen-bond donors (Lipinski definition) is 7. The number of carbonyl (C=O) groups excluding carboxylic acids is 1. The van der Waals surface area contributed by atoms with E-state index in [1.54, 1.807) is 12.2 Å². The van der Waals surface area contributed by atoms with E-state index < -0.39 is 61.5 Å². The minimum atomic E-state index is -1.62. The van der Waals surface area contributed by atoms with E-state index in [-0.39, 0.29) is 13.0 Å². The molecule has 0 aromatic rings. The number of aliphatic hydroxyl groups excluding tert-OH is 6. The van der Waals surface area contributed by atoms with E-state index in [0.717, 1.165) is 19.3 Å². The molecule has 0 aliphatic carbocycles. The lowest BCUT2D eigenvalue weighted by atomic mass is 9.99. The highest BCUT2D eigenvalue weighted by molar-refractivity contribution is 5.81. The molecule has 0 aromatic heterocycles. The Morgan fingerprint density at radius 1 is 0.714 bits per heavy atom. The standard InChI is InChI=1S/C39H69NO9/c1-3-5-7-9-11-13-15-17-19-21-23-25-27-32(42)31(30-48-39-37(46)36(45)35(44)34(29-41)49-39)40-38(47)33(43)28-26-24-22-20-18-16-14-12-10-8-6-4-2/h17-20,24-27,31-37,39,41-46H,3-16,21-23,28-30H2,1-2H3,(H,40,47)/b19-17+,20-18-,26-24-,27-25+. The van der Waals surface area contributed by atoms with Crippen LogP contribution in [0.4, 0.5) is 0 Å². The van der Waals surface area contributed by atoms with Crippen molar-refractivity contribution in [1.29, 1.82) is 0 Å². The first kappa shape index (κ1) is 45.1. The monoisotopic (exact) mass is 695 g/mol. The Kier molecular flexibility index (Phi) is 27.4. The van der Waals surface area contributed by atoms with Gasteiger partial charge < -0.3 is 45.4 Å². The summed E-state index contributed by atoms with van der Waals surface area (Å²) in [6.07, 6.45) is 25.1. The fourth-order valence-corrected chi connectivity index (χ4v) is 5.51. The molecule has 1 fully saturated rings. The predicted molar refractivity (Wildman–Crippen MR) is 195 cm³/mol. The van der Waals surface area contributed by atoms with Crippen LogP contribution in [0.15, 0.2) is 48.6 Å². The van der Waals surface area contributed by atoms with Crippen molar-refractivity contribution in [1.82, 2.24) is 5.32 Å². The molecule has 49 heavy (non-hydrogen) atoms. The van der Waals surface area contributed by atoms with Gasteiger partial charge in [0.2, 0.25) is 5.91 Å². The summed E-state index contributed by atoms with van der Waals surface area (Å²) >= 11 is 0. The first-order chi connectivity index (χ1) is 23.8. The Hall–Kier alpha value is -1.89. The molecule has 10 heteroatoms. The molecule has 0 saturated carbocycles. The third-order valence-corrected chi connectivity index (χ3v) is 8.74. The summed E-state index contributed by atoms with van der Waals surface area (Å²) in [5.74, 6) is -0.698. The number of unbranched alkanes of at least 4 members (excludes halogenated alkanes) is 13. The minimum absolute atomic E-state index is 0.0917. The van der Waals surface area contributed by atoms with Crippen LogP contribution in [-0.4, -0.2) is 98.7 Å². The van der Waals surface area contributed by atoms with Crippen LogP contribution >= 0.6 is 0 Å². The van der Waals surface area contributed by atoms with Gasteiger partial charge in [0.25, 0.3) is 0 Å². The predicted octanol–water partition coefficient (Wildman–Crippen LogP) is 5.30. The smallest absolute Gasteiger partial charge is 0.249 e. The molecule has 10 nitrogen and oxygen atoms in total. The largest absolute Gasteiger partial charge is 0.394 e. The van der Waals surface area contributed by atoms with E-state index in [0.29, 0.717) is 12.8 Å². The van der Waals surface area contributed by atoms with E-state index in [2.05, 4.69) is 43.5 Å². The Balaban J connectivity index is 2.63. The van der Waals surface area contributed by atoms with Gasteiger partial charge in [-0.3, -0.25) is 4.79 Å². The first-order valence-electron chi connectivity index (χ1n) is 19.0. The van der Waals surface area contributed by atoms with Crippen LogP contribution in [0.1, 0.15) is 129 Å². The van der Waals surface area contributed by atoms with Crippen molar-refractivity contribution in [3.8, 4) is 0 Å². The maximum absolute atomic E-state index is 12.9. The van der Waals surface area contributed by atoms with E-state index in [9.17, 15) is 35.4 Å². The zero-order valence-corrected chi connectivity index (χ0v) is 30.3. The first-order valence-corrected chi connectivity index (χ1v) is 19.0. The quantitative estimate of drug-likeness (QED) is 0.0406. The molecule has 0 aromatic carbocycles. The number of aliphatic hydroxyl groups is 6. The molecular weight excluding hydrogens is 626 g/mol. The molecule has 7 N–H and O–H groups in total. The van der Waals surface area contributed by atoms with Crippen LogP contribution in [0.25, 0.3) is 0 Å². The maximum Gasteiger partial charge on any atom is 0.249 e. The van der Waals surface area contributed by atoms with Crippen molar-refractivity contribution in [2.24, 2.45) is 0 Å². The summed E-state index contributed by atoms with van der Waals surface area (Å²) in [5.41, 5.74) is 0. The number of rotatable bonds is 29. The highest BCUT2D eigenvalue weighted by Crippen LogP contribution is 2.22. The molecule has 0 spiro atoms. The van der Waals surface area contributed by atoms with E-state index in [1.807, 2.05) is 12.2 Å². The van der Waals surface area contributed by atoms with Crippen molar-refractivity contribution in [3.05, 3.63) is 48.6 Å². The second-order valence-corrected chi connectivity index (χ2v) is 13.2. The maximum atomic E-state index is 12.9. The third-order valence-electron chi connectivity index (χ3n) is 8.74. The molecule has 1 aliphatic rings. The molecule has 8 atom stereocenters. The molecule has 0 radical (unpaired) electrons. The van der Waals surface area contributed by atoms with Gasteiger partial charge >= 0.3 is 0 Å². The fourth-order valence-electron chi connectivity index (χ4n) is 5.51. The summed E-state index contributed by atoms with van der Waals surface area (Å²) in [7, 11) is 0. The van der Waals surface area contributed by atoms with Gasteiger partial charge in [0, 0.05) is 6.42 Å². The lowest BCUT2D eigenvalue weighted by molar-refractivity contribution is -0.302. The van der Waals surface area contributed by atoms with Gasteiger partial charge in [-0.2, -0.15) is 0 Å². The van der Waals surface area contributed by atoms with Gasteiger partial charge in [-0.1, -0.05) is 127 Å². The molecule has 1 aliphatic heterocycles. The number of amides is 1. The average Bonchev–Trinajstić information content (AvgIpc) is 3.10. The summed E-state index contributed by atoms with van der Waals surface area (Å²) in [6.45, 7) is 3.47. The van der Waals surface area contributed by atoms with Gasteiger partial charge in [0.05, 0.1) is 25.4 Å². The molecule has 1 rings (SSSR count). The number of carbonyl (C=O) groups is 1. The van der Waals surface area contributed by atoms with E-state index in [1.165, 1.54) is 77.0 Å². The minimum Gasteiger partial charge on any atom is -0.394 e. The van der Waals surface area contributed by atoms with E-state index >= 15 is 0 Å². The van der Waals surface area contributed by atoms with Crippen LogP contribution in [0.3, 0.4) is 0 Å². The number of allylic oxidation sites excluding steroid dienone is 6. The van der Waals surface area contributed by atoms with Gasteiger partial charge in [0.1, 0.15) is 30.5 Å². The zero-order chi connectivity index (χ0) is 36.1. The van der Waals surface area contributed by atoms with Crippen molar-refractivity contribution in [2.75, 3.05) is 13.2 Å². The summed E-state index contributed by atoms with van der Waals surface area (Å²) in [6, 6.07) is -1.03. The Bertz CT molecular complexity index is 922. The number of hydrogen-bond acceptors (Lipinski definition) is 9. The molecular formula is C39H69NO9. The van der Waals surface area contributed by atoms with Crippen molar-refractivity contribution >= 4 is 5.91 Å². The van der Waals surface area contributed by atoms with Crippen LogP contribution in [0.5, 0.6) is 0 Å². The van der Waals surface area contributed by atoms with E-state index in [4.69, 9.17) is 9.47 Å². The van der Waals surface area contributed by atoms with Gasteiger partial charge in [-0.05, 0) is 44.9 Å². The Morgan fingerprint density at radius 3 is 1.90 bits per heavy atom. The van der Waals surface area contributed by atoms with Crippen molar-refractivity contribution in [2.45, 2.75) is 178 Å². The molecule has 1 heterocycles. The lowest BCUT2D eigenvalue weighted by Crippen LogP contribution is -2.60. The van der Waals surface area contributed by atoms with Crippen molar-refractivity contribution < 1.29 is 44.9 Å². The highest BCUT2D eigenvalue weighted by Gasteiger charge is 2.44. The zero-order valence-electron chi connectivity index (χ0n) is 30.3. The highest BCUT2D eigenvalue weighted by atomic mass is 16.7. The topological polar surface area (TPSA) is 169 Å². The Labute approximate surface area is 296 Å². The van der Waals surface area contributed by atoms with Crippen LogP contribution in [0.2, 0.25) is 0 Å². The fraction of sp³-hybridized carbons (Fsp3) is 0.769. The van der Waals surface area contributed by atoms with Crippen LogP contribution in [-0.2, 0) is 14.3 Å². The Morgan fingerprint density at radius 2 is 1.27 bits per heavy atom. The molecule has 8 unspecified atom stereocenters. The molecule has 1 saturated heterocycles. The summed E-state index contributed by atoms with van der Waals surface area (Å²) in [4.78, 5) is 12.9. The second-order valence-electron chi connectivity index (χ2n) is 13.2. The summed E-state index contributed by atoms with van der Waals surface area (Å²) in [5, 5.41) is 64.0. The lowest BCUT2D eigenvalue weighted by Gasteiger charge is -2.40. The molecule has 1 amide bonds. The molecule has 284 valence electrons. The average molecular weight is 696 g/mol. The van der Waals surface area contributed by atoms with Crippen LogP contribution in [0, 0.1) is 0 Å². The number of ether oxygens (including phenoxy) is 2.